The highest BCUT2D eigenvalue weighted by molar-refractivity contribution is 5.31. The molecule has 0 bridgehead atoms. The van der Waals surface area contributed by atoms with E-state index in [1.165, 1.54) is 19.6 Å². The van der Waals surface area contributed by atoms with Gasteiger partial charge in [0.1, 0.15) is 0 Å². The highest BCUT2D eigenvalue weighted by Gasteiger charge is 2.25. The van der Waals surface area contributed by atoms with Crippen molar-refractivity contribution >= 4 is 0 Å². The number of rotatable bonds is 4. The van der Waals surface area contributed by atoms with Crippen LogP contribution < -0.4 is 10.1 Å². The molecule has 1 aliphatic heterocycles. The molecule has 1 N–H and O–H groups in total. The molecule has 2 unspecified atom stereocenters. The molecule has 0 aromatic heterocycles. The second kappa shape index (κ2) is 6.16. The average Bonchev–Trinajstić information content (AvgIpc) is 2.41. The second-order valence-electron chi connectivity index (χ2n) is 4.57. The van der Waals surface area contributed by atoms with Crippen LogP contribution in [0.1, 0.15) is 30.9 Å². The zero-order chi connectivity index (χ0) is 13.0. The van der Waals surface area contributed by atoms with E-state index in [4.69, 9.17) is 9.47 Å². The number of hydrogen-bond acceptors (Lipinski definition) is 3. The van der Waals surface area contributed by atoms with Crippen molar-refractivity contribution in [2.45, 2.75) is 31.4 Å². The molecule has 0 amide bonds. The summed E-state index contributed by atoms with van der Waals surface area (Å²) in [6.07, 6.45) is 3.42. The summed E-state index contributed by atoms with van der Waals surface area (Å²) in [6.45, 7) is 0.793. The smallest absolute Gasteiger partial charge is 0.165 e. The van der Waals surface area contributed by atoms with Gasteiger partial charge in [-0.1, -0.05) is 6.07 Å². The van der Waals surface area contributed by atoms with Crippen LogP contribution in [0.2, 0.25) is 0 Å². The van der Waals surface area contributed by atoms with Crippen molar-refractivity contribution in [1.29, 1.82) is 0 Å². The Balaban J connectivity index is 2.18. The van der Waals surface area contributed by atoms with Gasteiger partial charge < -0.3 is 14.8 Å². The molecule has 4 heteroatoms. The van der Waals surface area contributed by atoms with Gasteiger partial charge in [0.15, 0.2) is 11.6 Å². The fourth-order valence-electron chi connectivity index (χ4n) is 2.47. The summed E-state index contributed by atoms with van der Waals surface area (Å²) in [6, 6.07) is 5.11. The summed E-state index contributed by atoms with van der Waals surface area (Å²) in [5.74, 6) is -0.0516. The van der Waals surface area contributed by atoms with Crippen LogP contribution in [-0.4, -0.2) is 26.9 Å². The molecule has 3 nitrogen and oxygen atoms in total. The Bertz CT molecular complexity index is 391. The fraction of sp³-hybridized carbons (Fsp3) is 0.571. The molecule has 1 fully saturated rings. The summed E-state index contributed by atoms with van der Waals surface area (Å²) in [5, 5.41) is 3.22. The molecule has 100 valence electrons. The molecule has 2 rings (SSSR count). The zero-order valence-corrected chi connectivity index (χ0v) is 10.9. The van der Waals surface area contributed by atoms with Crippen molar-refractivity contribution in [1.82, 2.24) is 5.32 Å². The third kappa shape index (κ3) is 2.82. The standard InChI is InChI=1S/C14H20FNO2/c1-16-14(13-5-3-4-8-18-13)10-6-7-12(17-2)11(15)9-10/h6-7,9,13-14,16H,3-5,8H2,1-2H3. The number of halogens is 1. The van der Waals surface area contributed by atoms with Crippen LogP contribution in [0.25, 0.3) is 0 Å². The lowest BCUT2D eigenvalue weighted by Crippen LogP contribution is -2.34. The Hall–Kier alpha value is -1.13. The van der Waals surface area contributed by atoms with Crippen LogP contribution in [0.15, 0.2) is 18.2 Å². The van der Waals surface area contributed by atoms with Gasteiger partial charge >= 0.3 is 0 Å². The number of ether oxygens (including phenoxy) is 2. The van der Waals surface area contributed by atoms with Crippen LogP contribution in [0, 0.1) is 5.82 Å². The average molecular weight is 253 g/mol. The highest BCUT2D eigenvalue weighted by Crippen LogP contribution is 2.28. The van der Waals surface area contributed by atoms with E-state index < -0.39 is 0 Å². The molecular formula is C14H20FNO2. The van der Waals surface area contributed by atoms with Gasteiger partial charge in [-0.25, -0.2) is 4.39 Å². The molecule has 1 aliphatic rings. The molecular weight excluding hydrogens is 233 g/mol. The molecule has 1 aromatic rings. The van der Waals surface area contributed by atoms with Gasteiger partial charge in [-0.2, -0.15) is 0 Å². The fourth-order valence-corrected chi connectivity index (χ4v) is 2.47. The van der Waals surface area contributed by atoms with Gasteiger partial charge in [-0.15, -0.1) is 0 Å². The summed E-state index contributed by atoms with van der Waals surface area (Å²) in [4.78, 5) is 0. The number of nitrogens with one attached hydrogen (secondary N) is 1. The Morgan fingerprint density at radius 3 is 2.83 bits per heavy atom. The van der Waals surface area contributed by atoms with Crippen molar-refractivity contribution in [2.75, 3.05) is 20.8 Å². The summed E-state index contributed by atoms with van der Waals surface area (Å²) < 4.78 is 24.4. The van der Waals surface area contributed by atoms with Gasteiger partial charge in [0.25, 0.3) is 0 Å². The molecule has 1 heterocycles. The molecule has 1 saturated heterocycles. The monoisotopic (exact) mass is 253 g/mol. The van der Waals surface area contributed by atoms with Crippen molar-refractivity contribution in [3.05, 3.63) is 29.6 Å². The minimum absolute atomic E-state index is 0.0331. The molecule has 2 atom stereocenters. The Morgan fingerprint density at radius 2 is 2.28 bits per heavy atom. The summed E-state index contributed by atoms with van der Waals surface area (Å²) >= 11 is 0. The van der Waals surface area contributed by atoms with Gasteiger partial charge in [0, 0.05) is 6.61 Å². The van der Waals surface area contributed by atoms with E-state index in [0.717, 1.165) is 25.0 Å². The third-order valence-corrected chi connectivity index (χ3v) is 3.43. The maximum atomic E-state index is 13.7. The van der Waals surface area contributed by atoms with E-state index in [1.807, 2.05) is 13.1 Å². The van der Waals surface area contributed by atoms with Gasteiger partial charge in [-0.05, 0) is 44.0 Å². The van der Waals surface area contributed by atoms with Gasteiger partial charge in [-0.3, -0.25) is 0 Å². The van der Waals surface area contributed by atoms with Crippen LogP contribution in [0.5, 0.6) is 5.75 Å². The van der Waals surface area contributed by atoms with Gasteiger partial charge in [0.05, 0.1) is 19.3 Å². The quantitative estimate of drug-likeness (QED) is 0.895. The summed E-state index contributed by atoms with van der Waals surface area (Å²) in [7, 11) is 3.35. The first-order valence-corrected chi connectivity index (χ1v) is 6.38. The van der Waals surface area contributed by atoms with Crippen LogP contribution in [-0.2, 0) is 4.74 Å². The first kappa shape index (κ1) is 13.3. The van der Waals surface area contributed by atoms with Crippen molar-refractivity contribution in [2.24, 2.45) is 0 Å². The van der Waals surface area contributed by atoms with E-state index in [9.17, 15) is 4.39 Å². The maximum absolute atomic E-state index is 13.7. The van der Waals surface area contributed by atoms with Crippen molar-refractivity contribution in [3.63, 3.8) is 0 Å². The molecule has 1 aromatic carbocycles. The third-order valence-electron chi connectivity index (χ3n) is 3.43. The maximum Gasteiger partial charge on any atom is 0.165 e. The van der Waals surface area contributed by atoms with E-state index in [0.29, 0.717) is 0 Å². The normalized spacial score (nSPS) is 21.6. The lowest BCUT2D eigenvalue weighted by atomic mass is 9.95. The van der Waals surface area contributed by atoms with Crippen molar-refractivity contribution in [3.8, 4) is 5.75 Å². The predicted octanol–water partition coefficient (Wildman–Crippen LogP) is 2.66. The Morgan fingerprint density at radius 1 is 1.44 bits per heavy atom. The van der Waals surface area contributed by atoms with Crippen LogP contribution >= 0.6 is 0 Å². The molecule has 18 heavy (non-hydrogen) atoms. The number of likely N-dealkylation sites (N-methyl/N-ethyl adjacent to an activating group) is 1. The van der Waals surface area contributed by atoms with Crippen LogP contribution in [0.3, 0.4) is 0 Å². The Kier molecular flexibility index (Phi) is 4.55. The number of methoxy groups -OCH3 is 1. The minimum atomic E-state index is -0.328. The SMILES string of the molecule is CNC(c1ccc(OC)c(F)c1)C1CCCCO1. The van der Waals surface area contributed by atoms with E-state index in [1.54, 1.807) is 6.07 Å². The zero-order valence-electron chi connectivity index (χ0n) is 10.9. The first-order chi connectivity index (χ1) is 8.76. The van der Waals surface area contributed by atoms with Crippen molar-refractivity contribution < 1.29 is 13.9 Å². The summed E-state index contributed by atoms with van der Waals surface area (Å²) in [5.41, 5.74) is 0.905. The largest absolute Gasteiger partial charge is 0.494 e. The molecule has 0 aliphatic carbocycles. The molecule has 0 radical (unpaired) electrons. The van der Waals surface area contributed by atoms with E-state index in [2.05, 4.69) is 5.32 Å². The number of benzene rings is 1. The first-order valence-electron chi connectivity index (χ1n) is 6.38. The lowest BCUT2D eigenvalue weighted by molar-refractivity contribution is -0.00668. The Labute approximate surface area is 107 Å². The van der Waals surface area contributed by atoms with E-state index >= 15 is 0 Å². The minimum Gasteiger partial charge on any atom is -0.494 e. The number of hydrogen-bond donors (Lipinski definition) is 1. The predicted molar refractivity (Wildman–Crippen MR) is 68.3 cm³/mol. The molecule has 0 saturated carbocycles. The molecule has 0 spiro atoms. The van der Waals surface area contributed by atoms with Crippen LogP contribution in [0.4, 0.5) is 4.39 Å². The second-order valence-corrected chi connectivity index (χ2v) is 4.57. The highest BCUT2D eigenvalue weighted by atomic mass is 19.1. The van der Waals surface area contributed by atoms with Gasteiger partial charge in [0.2, 0.25) is 0 Å². The lowest BCUT2D eigenvalue weighted by Gasteiger charge is -2.30. The van der Waals surface area contributed by atoms with E-state index in [-0.39, 0.29) is 23.7 Å². The topological polar surface area (TPSA) is 30.5 Å².